The Kier molecular flexibility index (Phi) is 14.7. The Bertz CT molecular complexity index is 82.2. The molecule has 13 heavy (non-hydrogen) atoms. The zero-order valence-electron chi connectivity index (χ0n) is 9.65. The summed E-state index contributed by atoms with van der Waals surface area (Å²) in [5.41, 5.74) is 0. The molecule has 0 saturated heterocycles. The third kappa shape index (κ3) is 18.1. The Morgan fingerprint density at radius 2 is 1.08 bits per heavy atom. The first kappa shape index (κ1) is 17.8. The van der Waals surface area contributed by atoms with E-state index in [-0.39, 0.29) is 17.6 Å². The van der Waals surface area contributed by atoms with Gasteiger partial charge in [-0.2, -0.15) is 11.8 Å². The molecule has 0 aliphatic carbocycles. The van der Waals surface area contributed by atoms with Gasteiger partial charge in [-0.3, -0.25) is 0 Å². The van der Waals surface area contributed by atoms with E-state index in [0.717, 1.165) is 0 Å². The van der Waals surface area contributed by atoms with Gasteiger partial charge in [-0.25, -0.2) is 0 Å². The summed E-state index contributed by atoms with van der Waals surface area (Å²) in [5.74, 6) is 2.83. The molecule has 0 saturated carbocycles. The van der Waals surface area contributed by atoms with Gasteiger partial charge in [-0.15, -0.1) is 0 Å². The van der Waals surface area contributed by atoms with Gasteiger partial charge in [0, 0.05) is 17.6 Å². The van der Waals surface area contributed by atoms with Crippen molar-refractivity contribution >= 4 is 29.4 Å². The van der Waals surface area contributed by atoms with Crippen molar-refractivity contribution in [3.8, 4) is 0 Å². The molecule has 0 aromatic carbocycles. The van der Waals surface area contributed by atoms with Crippen molar-refractivity contribution in [2.75, 3.05) is 11.5 Å². The minimum atomic E-state index is 0. The summed E-state index contributed by atoms with van der Waals surface area (Å²) in [6, 6.07) is 2.98. The zero-order chi connectivity index (χ0) is 8.69. The van der Waals surface area contributed by atoms with Crippen LogP contribution in [-0.4, -0.2) is 29.1 Å². The topological polar surface area (TPSA) is 0 Å². The van der Waals surface area contributed by atoms with Crippen LogP contribution >= 0.6 is 11.8 Å². The van der Waals surface area contributed by atoms with Gasteiger partial charge in [0.25, 0.3) is 0 Å². The van der Waals surface area contributed by atoms with Crippen molar-refractivity contribution in [1.29, 1.82) is 0 Å². The van der Waals surface area contributed by atoms with Crippen LogP contribution in [0.25, 0.3) is 0 Å². The van der Waals surface area contributed by atoms with Gasteiger partial charge in [0.1, 0.15) is 0 Å². The van der Waals surface area contributed by atoms with Crippen molar-refractivity contribution in [3.05, 3.63) is 0 Å². The molecule has 0 aromatic heterocycles. The molecule has 0 nitrogen and oxygen atoms in total. The van der Waals surface area contributed by atoms with Crippen LogP contribution in [0.4, 0.5) is 0 Å². The molecule has 0 fully saturated rings. The van der Waals surface area contributed by atoms with Gasteiger partial charge >= 0.3 is 0 Å². The molecular formula is C8H20Rf2SSi2. The molecule has 0 N–H and O–H groups in total. The molecule has 0 aliphatic rings. The summed E-state index contributed by atoms with van der Waals surface area (Å²) in [5, 5.41) is 0. The Balaban J connectivity index is -0.000000500. The first-order valence-corrected chi connectivity index (χ1v) is 10.9. The van der Waals surface area contributed by atoms with Crippen LogP contribution in [0.1, 0.15) is 0 Å². The molecule has 0 spiro atoms. The van der Waals surface area contributed by atoms with Crippen LogP contribution in [0.15, 0.2) is 0 Å². The van der Waals surface area contributed by atoms with E-state index in [1.807, 2.05) is 0 Å². The van der Waals surface area contributed by atoms with Crippen LogP contribution in [0.3, 0.4) is 0 Å². The van der Waals surface area contributed by atoms with Crippen LogP contribution in [0, 0.1) is 0 Å². The number of rotatable bonds is 6. The summed E-state index contributed by atoms with van der Waals surface area (Å²) < 4.78 is 0. The van der Waals surface area contributed by atoms with E-state index in [2.05, 4.69) is 37.9 Å². The van der Waals surface area contributed by atoms with E-state index < -0.39 is 0 Å². The van der Waals surface area contributed by atoms with E-state index >= 15 is 0 Å². The van der Waals surface area contributed by atoms with Crippen molar-refractivity contribution in [3.63, 3.8) is 0 Å². The molecule has 5 heteroatoms. The maximum absolute atomic E-state index is 2.40. The predicted octanol–water partition coefficient (Wildman–Crippen LogP) is 3.23. The molecule has 0 rings (SSSR count). The normalized spacial score (nSPS) is 9.69. The van der Waals surface area contributed by atoms with E-state index in [1.165, 1.54) is 23.6 Å². The molecule has 0 atom stereocenters. The molecule has 0 amide bonds. The van der Waals surface area contributed by atoms with Gasteiger partial charge in [-0.1, -0.05) is 38.3 Å². The van der Waals surface area contributed by atoms with Crippen LogP contribution in [0.5, 0.6) is 0 Å². The molecule has 0 bridgehead atoms. The monoisotopic (exact) mass is 738 g/mol. The maximum Gasteiger partial charge on any atom is 0.0421 e. The van der Waals surface area contributed by atoms with Crippen molar-refractivity contribution in [2.24, 2.45) is 0 Å². The fourth-order valence-electron chi connectivity index (χ4n) is 0.655. The Morgan fingerprint density at radius 3 is 1.31 bits per heavy atom. The molecule has 2 radical (unpaired) electrons. The maximum atomic E-state index is 2.40. The van der Waals surface area contributed by atoms with Crippen molar-refractivity contribution < 1.29 is 0 Å². The summed E-state index contributed by atoms with van der Waals surface area (Å²) in [6.45, 7) is 9.61. The summed E-state index contributed by atoms with van der Waals surface area (Å²) >= 11 is 2.16. The predicted molar refractivity (Wildman–Crippen MR) is 61.9 cm³/mol. The standard InChI is InChI=1S/C8H20SSi2.2Rf/c1-10(2)7-5-9-6-8-11(3)4;;/h5-8H2,1-4H3;;. The summed E-state index contributed by atoms with van der Waals surface area (Å²) in [7, 11) is 0.105. The number of hydrogen-bond acceptors (Lipinski definition) is 1. The molecule has 0 aromatic rings. The second-order valence-electron chi connectivity index (χ2n) is 3.53. The molecule has 0 heterocycles. The Morgan fingerprint density at radius 1 is 0.769 bits per heavy atom. The van der Waals surface area contributed by atoms with Gasteiger partial charge < -0.3 is 0 Å². The van der Waals surface area contributed by atoms with Gasteiger partial charge in [0.15, 0.2) is 0 Å². The third-order valence-electron chi connectivity index (χ3n) is 1.49. The van der Waals surface area contributed by atoms with Crippen LogP contribution < -0.4 is 0 Å². The summed E-state index contributed by atoms with van der Waals surface area (Å²) in [4.78, 5) is 0. The zero-order valence-corrected chi connectivity index (χ0v) is 25.3. The van der Waals surface area contributed by atoms with Crippen molar-refractivity contribution in [1.82, 2.24) is 0 Å². The van der Waals surface area contributed by atoms with Crippen molar-refractivity contribution in [2.45, 2.75) is 38.3 Å². The SMILES string of the molecule is C[Si](C)CCSCC[Si](C)C.[Rf].[Rf]. The third-order valence-corrected chi connectivity index (χ3v) is 5.70. The first-order valence-electron chi connectivity index (χ1n) is 4.28. The van der Waals surface area contributed by atoms with Gasteiger partial charge in [0.05, 0.1) is 0 Å². The molecule has 0 unspecified atom stereocenters. The average Bonchev–Trinajstić information content (AvgIpc) is 1.85. The van der Waals surface area contributed by atoms with Gasteiger partial charge in [0.2, 0.25) is 0 Å². The van der Waals surface area contributed by atoms with E-state index in [9.17, 15) is 0 Å². The fourth-order valence-corrected chi connectivity index (χ4v) is 5.28. The molecular weight excluding hydrogens is 718 g/mol. The van der Waals surface area contributed by atoms with E-state index in [4.69, 9.17) is 0 Å². The minimum absolute atomic E-state index is 0. The Labute approximate surface area is 79.4 Å². The smallest absolute Gasteiger partial charge is 0.0421 e. The molecule has 0 aliphatic heterocycles. The second kappa shape index (κ2) is 10.8. The summed E-state index contributed by atoms with van der Waals surface area (Å²) in [6.07, 6.45) is 0. The van der Waals surface area contributed by atoms with E-state index in [0.29, 0.717) is 0 Å². The van der Waals surface area contributed by atoms with Crippen LogP contribution in [-0.2, 0) is 0 Å². The minimum Gasteiger partial charge on any atom is -0.163 e. The fraction of sp³-hybridized carbons (Fsp3) is 1.00. The largest absolute Gasteiger partial charge is 0.163 e. The second-order valence-corrected chi connectivity index (χ2v) is 10.6. The van der Waals surface area contributed by atoms with Crippen LogP contribution in [0.2, 0.25) is 38.3 Å². The Hall–Kier alpha value is -1.22. The molecule has 70 valence electrons. The first-order chi connectivity index (χ1) is 5.13. The number of hydrogen-bond donors (Lipinski definition) is 0. The quantitative estimate of drug-likeness (QED) is 0.299. The van der Waals surface area contributed by atoms with E-state index in [1.54, 1.807) is 0 Å². The van der Waals surface area contributed by atoms with Gasteiger partial charge in [-0.05, 0) is 11.5 Å². The number of thioether (sulfide) groups is 1. The average molecular weight is 738 g/mol.